The minimum Gasteiger partial charge on any atom is -0.480 e. The molecule has 0 aromatic heterocycles. The maximum atomic E-state index is 12.0. The van der Waals surface area contributed by atoms with E-state index in [-0.39, 0.29) is 6.09 Å². The van der Waals surface area contributed by atoms with Gasteiger partial charge in [0.1, 0.15) is 6.04 Å². The zero-order valence-corrected chi connectivity index (χ0v) is 12.5. The Morgan fingerprint density at radius 2 is 1.71 bits per heavy atom. The second-order valence-corrected chi connectivity index (χ2v) is 4.80. The molecule has 1 fully saturated rings. The number of carbonyl (C=O) groups excluding carboxylic acids is 2. The number of urea groups is 1. The number of ether oxygens (including phenoxy) is 1. The molecule has 21 heavy (non-hydrogen) atoms. The minimum absolute atomic E-state index is 0.316. The van der Waals surface area contributed by atoms with E-state index in [0.29, 0.717) is 45.6 Å². The van der Waals surface area contributed by atoms with Crippen molar-refractivity contribution < 1.29 is 24.2 Å². The van der Waals surface area contributed by atoms with E-state index in [2.05, 4.69) is 5.32 Å². The molecule has 8 nitrogen and oxygen atoms in total. The van der Waals surface area contributed by atoms with Gasteiger partial charge in [0.05, 0.1) is 6.61 Å². The van der Waals surface area contributed by atoms with Crippen molar-refractivity contribution in [3.8, 4) is 0 Å². The summed E-state index contributed by atoms with van der Waals surface area (Å²) in [5.41, 5.74) is 0. The number of carboxylic acid groups (broad SMARTS) is 1. The van der Waals surface area contributed by atoms with Crippen LogP contribution in [0.2, 0.25) is 0 Å². The Morgan fingerprint density at radius 3 is 2.19 bits per heavy atom. The zero-order chi connectivity index (χ0) is 15.8. The summed E-state index contributed by atoms with van der Waals surface area (Å²) in [6.45, 7) is 5.42. The highest BCUT2D eigenvalue weighted by Crippen LogP contribution is 2.05. The van der Waals surface area contributed by atoms with Gasteiger partial charge in [0.25, 0.3) is 0 Å². The van der Waals surface area contributed by atoms with E-state index in [4.69, 9.17) is 9.84 Å². The average molecular weight is 301 g/mol. The summed E-state index contributed by atoms with van der Waals surface area (Å²) in [5, 5.41) is 11.5. The fourth-order valence-electron chi connectivity index (χ4n) is 2.09. The molecule has 1 rings (SSSR count). The molecule has 2 N–H and O–H groups in total. The Kier molecular flexibility index (Phi) is 6.77. The topological polar surface area (TPSA) is 99.2 Å². The van der Waals surface area contributed by atoms with Gasteiger partial charge >= 0.3 is 18.1 Å². The standard InChI is InChI=1S/C13H23N3O5/c1-3-5-10(11(17)18)14-12(19)15-6-8-16(9-7-15)13(20)21-4-2/h10H,3-9H2,1-2H3,(H,14,19)(H,17,18). The molecule has 3 amide bonds. The first-order chi connectivity index (χ1) is 9.99. The molecule has 1 unspecified atom stereocenters. The molecule has 0 bridgehead atoms. The van der Waals surface area contributed by atoms with E-state index in [1.54, 1.807) is 6.92 Å². The highest BCUT2D eigenvalue weighted by atomic mass is 16.6. The zero-order valence-electron chi connectivity index (χ0n) is 12.5. The summed E-state index contributed by atoms with van der Waals surface area (Å²) in [4.78, 5) is 37.6. The molecule has 1 saturated heterocycles. The maximum absolute atomic E-state index is 12.0. The van der Waals surface area contributed by atoms with Crippen LogP contribution in [-0.2, 0) is 9.53 Å². The molecule has 1 aliphatic rings. The summed E-state index contributed by atoms with van der Waals surface area (Å²) in [7, 11) is 0. The van der Waals surface area contributed by atoms with E-state index in [9.17, 15) is 14.4 Å². The van der Waals surface area contributed by atoms with Crippen LogP contribution in [0.3, 0.4) is 0 Å². The molecule has 1 aliphatic heterocycles. The fourth-order valence-corrected chi connectivity index (χ4v) is 2.09. The number of nitrogens with zero attached hydrogens (tertiary/aromatic N) is 2. The lowest BCUT2D eigenvalue weighted by Crippen LogP contribution is -2.55. The SMILES string of the molecule is CCCC(NC(=O)N1CCN(C(=O)OCC)CC1)C(=O)O. The molecule has 0 spiro atoms. The smallest absolute Gasteiger partial charge is 0.409 e. The Hall–Kier alpha value is -1.99. The molecule has 1 atom stereocenters. The van der Waals surface area contributed by atoms with Crippen molar-refractivity contribution in [2.24, 2.45) is 0 Å². The Bertz CT molecular complexity index is 380. The van der Waals surface area contributed by atoms with Crippen LogP contribution in [0.25, 0.3) is 0 Å². The van der Waals surface area contributed by atoms with Gasteiger partial charge in [-0.3, -0.25) is 0 Å². The van der Waals surface area contributed by atoms with Crippen LogP contribution in [0.5, 0.6) is 0 Å². The van der Waals surface area contributed by atoms with Gasteiger partial charge in [0.2, 0.25) is 0 Å². The predicted molar refractivity (Wildman–Crippen MR) is 75.0 cm³/mol. The Morgan fingerprint density at radius 1 is 1.14 bits per heavy atom. The van der Waals surface area contributed by atoms with Gasteiger partial charge < -0.3 is 25.0 Å². The van der Waals surface area contributed by atoms with Crippen LogP contribution < -0.4 is 5.32 Å². The van der Waals surface area contributed by atoms with Crippen molar-refractivity contribution in [1.29, 1.82) is 0 Å². The van der Waals surface area contributed by atoms with E-state index < -0.39 is 18.0 Å². The first kappa shape index (κ1) is 17.1. The monoisotopic (exact) mass is 301 g/mol. The van der Waals surface area contributed by atoms with Crippen molar-refractivity contribution in [2.75, 3.05) is 32.8 Å². The van der Waals surface area contributed by atoms with Gasteiger partial charge in [0.15, 0.2) is 0 Å². The van der Waals surface area contributed by atoms with Gasteiger partial charge in [0, 0.05) is 26.2 Å². The first-order valence-electron chi connectivity index (χ1n) is 7.19. The molecule has 8 heteroatoms. The number of piperazine rings is 1. The molecule has 120 valence electrons. The van der Waals surface area contributed by atoms with Crippen molar-refractivity contribution in [1.82, 2.24) is 15.1 Å². The summed E-state index contributed by atoms with van der Waals surface area (Å²) in [6, 6.07) is -1.27. The number of rotatable bonds is 5. The lowest BCUT2D eigenvalue weighted by atomic mass is 10.2. The van der Waals surface area contributed by atoms with Crippen molar-refractivity contribution in [2.45, 2.75) is 32.7 Å². The minimum atomic E-state index is -1.03. The van der Waals surface area contributed by atoms with Crippen LogP contribution in [0.4, 0.5) is 9.59 Å². The predicted octanol–water partition coefficient (Wildman–Crippen LogP) is 0.723. The molecular formula is C13H23N3O5. The Labute approximate surface area is 124 Å². The van der Waals surface area contributed by atoms with Gasteiger partial charge in [-0.25, -0.2) is 14.4 Å². The van der Waals surface area contributed by atoms with Crippen molar-refractivity contribution in [3.05, 3.63) is 0 Å². The molecule has 1 heterocycles. The fraction of sp³-hybridized carbons (Fsp3) is 0.769. The van der Waals surface area contributed by atoms with Crippen LogP contribution in [-0.4, -0.2) is 71.8 Å². The van der Waals surface area contributed by atoms with E-state index in [1.807, 2.05) is 6.92 Å². The second-order valence-electron chi connectivity index (χ2n) is 4.80. The molecule has 0 radical (unpaired) electrons. The second kappa shape index (κ2) is 8.33. The average Bonchev–Trinajstić information content (AvgIpc) is 2.47. The number of aliphatic carboxylic acids is 1. The number of amides is 3. The largest absolute Gasteiger partial charge is 0.480 e. The summed E-state index contributed by atoms with van der Waals surface area (Å²) >= 11 is 0. The van der Waals surface area contributed by atoms with Crippen LogP contribution in [0, 0.1) is 0 Å². The first-order valence-corrected chi connectivity index (χ1v) is 7.19. The molecule has 0 aromatic rings. The normalized spacial score (nSPS) is 16.3. The van der Waals surface area contributed by atoms with Crippen molar-refractivity contribution >= 4 is 18.1 Å². The van der Waals surface area contributed by atoms with E-state index >= 15 is 0 Å². The highest BCUT2D eigenvalue weighted by molar-refractivity contribution is 5.82. The van der Waals surface area contributed by atoms with Gasteiger partial charge in [-0.05, 0) is 13.3 Å². The number of carbonyl (C=O) groups is 3. The molecule has 0 aliphatic carbocycles. The summed E-state index contributed by atoms with van der Waals surface area (Å²) in [6.07, 6.45) is 0.685. The maximum Gasteiger partial charge on any atom is 0.409 e. The quantitative estimate of drug-likeness (QED) is 0.779. The van der Waals surface area contributed by atoms with Crippen molar-refractivity contribution in [3.63, 3.8) is 0 Å². The van der Waals surface area contributed by atoms with Gasteiger partial charge in [-0.15, -0.1) is 0 Å². The van der Waals surface area contributed by atoms with Crippen LogP contribution in [0.1, 0.15) is 26.7 Å². The third-order valence-electron chi connectivity index (χ3n) is 3.27. The third-order valence-corrected chi connectivity index (χ3v) is 3.27. The lowest BCUT2D eigenvalue weighted by Gasteiger charge is -2.34. The lowest BCUT2D eigenvalue weighted by molar-refractivity contribution is -0.139. The molecular weight excluding hydrogens is 278 g/mol. The van der Waals surface area contributed by atoms with E-state index in [1.165, 1.54) is 9.80 Å². The van der Waals surface area contributed by atoms with Crippen LogP contribution >= 0.6 is 0 Å². The third kappa shape index (κ3) is 5.13. The van der Waals surface area contributed by atoms with Gasteiger partial charge in [-0.1, -0.05) is 13.3 Å². The highest BCUT2D eigenvalue weighted by Gasteiger charge is 2.27. The number of hydrogen-bond donors (Lipinski definition) is 2. The summed E-state index contributed by atoms with van der Waals surface area (Å²) < 4.78 is 4.90. The van der Waals surface area contributed by atoms with E-state index in [0.717, 1.165) is 0 Å². The number of hydrogen-bond acceptors (Lipinski definition) is 4. The summed E-state index contributed by atoms with van der Waals surface area (Å²) in [5.74, 6) is -1.03. The number of nitrogens with one attached hydrogen (secondary N) is 1. The molecule has 0 aromatic carbocycles. The van der Waals surface area contributed by atoms with Crippen LogP contribution in [0.15, 0.2) is 0 Å². The molecule has 0 saturated carbocycles. The van der Waals surface area contributed by atoms with Gasteiger partial charge in [-0.2, -0.15) is 0 Å². The number of carboxylic acids is 1. The Balaban J connectivity index is 2.44.